The van der Waals surface area contributed by atoms with Crippen molar-refractivity contribution in [3.63, 3.8) is 0 Å². The minimum atomic E-state index is -1.35. The number of furan rings is 1. The smallest absolute Gasteiger partial charge is 0.661 e. The number of rotatable bonds is 8. The van der Waals surface area contributed by atoms with Crippen LogP contribution >= 0.6 is 0 Å². The first kappa shape index (κ1) is 40.1. The fourth-order valence-electron chi connectivity index (χ4n) is 7.58. The van der Waals surface area contributed by atoms with Gasteiger partial charge in [-0.15, -0.1) is 17.8 Å². The SMILES string of the molecule is CC(C)Cc1cc(-c2[c-]cncc2)ncc1[Si](C)(C)C.CC(C)c1cccc(C(C)C)c1N1c2ccccc2[N-]C1c1[c-]cc2oc3ccccc3c2c1.[Ir+3]. The molecule has 0 saturated carbocycles. The molecule has 0 bridgehead atoms. The summed E-state index contributed by atoms with van der Waals surface area (Å²) < 4.78 is 6.07. The van der Waals surface area contributed by atoms with E-state index in [0.29, 0.717) is 17.8 Å². The number of fused-ring (bicyclic) bond motifs is 4. The van der Waals surface area contributed by atoms with Crippen molar-refractivity contribution in [2.24, 2.45) is 5.92 Å². The Balaban J connectivity index is 0.000000211. The van der Waals surface area contributed by atoms with Crippen LogP contribution in [0.3, 0.4) is 0 Å². The molecule has 0 saturated heterocycles. The van der Waals surface area contributed by atoms with Gasteiger partial charge in [0.05, 0.1) is 8.07 Å². The first-order chi connectivity index (χ1) is 25.9. The van der Waals surface area contributed by atoms with Gasteiger partial charge in [0.15, 0.2) is 0 Å². The monoisotopic (exact) mass is 920 g/mol. The number of aromatic nitrogens is 2. The third-order valence-electron chi connectivity index (χ3n) is 10.2. The van der Waals surface area contributed by atoms with E-state index >= 15 is 0 Å². The maximum Gasteiger partial charge on any atom is 3.00 e. The maximum atomic E-state index is 6.07. The van der Waals surface area contributed by atoms with Crippen LogP contribution in [0.2, 0.25) is 19.6 Å². The van der Waals surface area contributed by atoms with E-state index in [2.05, 4.69) is 161 Å². The van der Waals surface area contributed by atoms with Crippen molar-refractivity contribution in [1.82, 2.24) is 9.97 Å². The molecular formula is C48H51IrN4OSi. The first-order valence-electron chi connectivity index (χ1n) is 19.3. The van der Waals surface area contributed by atoms with Crippen molar-refractivity contribution < 1.29 is 24.5 Å². The molecule has 4 heterocycles. The van der Waals surface area contributed by atoms with Crippen LogP contribution in [0.25, 0.3) is 38.5 Å². The Morgan fingerprint density at radius 2 is 1.51 bits per heavy atom. The molecule has 0 N–H and O–H groups in total. The van der Waals surface area contributed by atoms with Crippen LogP contribution in [-0.4, -0.2) is 18.0 Å². The molecule has 4 aromatic carbocycles. The summed E-state index contributed by atoms with van der Waals surface area (Å²) in [5.41, 5.74) is 12.4. The normalized spacial score (nSPS) is 13.9. The zero-order valence-corrected chi connectivity index (χ0v) is 36.8. The average molecular weight is 920 g/mol. The standard InChI is InChI=1S/C31H28N2O.C17H23N2Si.Ir/c1-19(2)22-11-9-12-23(20(3)4)30(22)33-27-14-7-6-13-26(27)32-31(33)21-16-17-29-25(18-21)24-10-5-8-15-28(24)34-29;1-13(2)10-15-11-16(14-6-8-18-9-7-14)19-12-17(15)20(3,4)5;/h5-15,17-20,31H,1-4H3;6,8-9,11-13H,10H2,1-5H3;/q-2;-1;+3. The van der Waals surface area contributed by atoms with E-state index in [9.17, 15) is 0 Å². The van der Waals surface area contributed by atoms with Gasteiger partial charge in [-0.1, -0.05) is 133 Å². The van der Waals surface area contributed by atoms with Crippen molar-refractivity contribution in [3.05, 3.63) is 149 Å². The van der Waals surface area contributed by atoms with E-state index in [4.69, 9.17) is 9.73 Å². The molecule has 0 spiro atoms. The number of pyridine rings is 2. The first-order valence-corrected chi connectivity index (χ1v) is 22.8. The molecule has 0 aliphatic carbocycles. The fraction of sp³-hybridized carbons (Fsp3) is 0.292. The number of anilines is 2. The molecule has 1 unspecified atom stereocenters. The molecule has 0 radical (unpaired) electrons. The van der Waals surface area contributed by atoms with E-state index in [-0.39, 0.29) is 26.3 Å². The Hall–Kier alpha value is -4.55. The van der Waals surface area contributed by atoms with Gasteiger partial charge in [0.2, 0.25) is 0 Å². The van der Waals surface area contributed by atoms with Crippen molar-refractivity contribution >= 4 is 52.3 Å². The zero-order valence-electron chi connectivity index (χ0n) is 33.4. The maximum absolute atomic E-state index is 6.07. The molecule has 3 aromatic heterocycles. The summed E-state index contributed by atoms with van der Waals surface area (Å²) in [7, 11) is -1.35. The van der Waals surface area contributed by atoms with Gasteiger partial charge in [0, 0.05) is 28.5 Å². The third kappa shape index (κ3) is 8.35. The average Bonchev–Trinajstić information content (AvgIpc) is 3.72. The molecule has 7 heteroatoms. The summed E-state index contributed by atoms with van der Waals surface area (Å²) in [6, 6.07) is 38.5. The summed E-state index contributed by atoms with van der Waals surface area (Å²) in [5, 5.41) is 8.93. The number of para-hydroxylation sites is 4. The van der Waals surface area contributed by atoms with Crippen molar-refractivity contribution in [2.75, 3.05) is 4.90 Å². The number of benzene rings is 4. The van der Waals surface area contributed by atoms with Gasteiger partial charge in [-0.3, -0.25) is 4.98 Å². The fourth-order valence-corrected chi connectivity index (χ4v) is 9.17. The third-order valence-corrected chi connectivity index (χ3v) is 12.2. The van der Waals surface area contributed by atoms with Crippen molar-refractivity contribution in [1.29, 1.82) is 0 Å². The zero-order chi connectivity index (χ0) is 38.1. The molecule has 8 rings (SSSR count). The van der Waals surface area contributed by atoms with Gasteiger partial charge in [0.1, 0.15) is 5.58 Å². The number of hydrogen-bond donors (Lipinski definition) is 0. The van der Waals surface area contributed by atoms with Crippen molar-refractivity contribution in [2.45, 2.75) is 85.6 Å². The molecule has 282 valence electrons. The number of hydrogen-bond acceptors (Lipinski definition) is 4. The largest absolute Gasteiger partial charge is 3.00 e. The Labute approximate surface area is 342 Å². The summed E-state index contributed by atoms with van der Waals surface area (Å²) >= 11 is 0. The van der Waals surface area contributed by atoms with Crippen LogP contribution in [0.15, 0.2) is 114 Å². The summed E-state index contributed by atoms with van der Waals surface area (Å²) in [6.45, 7) is 20.8. The minimum Gasteiger partial charge on any atom is -0.661 e. The van der Waals surface area contributed by atoms with E-state index in [0.717, 1.165) is 56.6 Å². The Morgan fingerprint density at radius 1 is 0.800 bits per heavy atom. The summed E-state index contributed by atoms with van der Waals surface area (Å²) in [6.07, 6.45) is 6.51. The molecule has 7 aromatic rings. The second kappa shape index (κ2) is 16.7. The Bertz CT molecular complexity index is 2370. The Morgan fingerprint density at radius 3 is 2.18 bits per heavy atom. The van der Waals surface area contributed by atoms with Gasteiger partial charge in [-0.25, -0.2) is 0 Å². The van der Waals surface area contributed by atoms with E-state index < -0.39 is 8.07 Å². The topological polar surface area (TPSA) is 56.3 Å². The van der Waals surface area contributed by atoms with Crippen LogP contribution in [-0.2, 0) is 26.5 Å². The molecule has 0 amide bonds. The van der Waals surface area contributed by atoms with Gasteiger partial charge in [0.25, 0.3) is 0 Å². The van der Waals surface area contributed by atoms with Crippen molar-refractivity contribution in [3.8, 4) is 11.3 Å². The summed E-state index contributed by atoms with van der Waals surface area (Å²) in [4.78, 5) is 11.1. The molecule has 55 heavy (non-hydrogen) atoms. The van der Waals surface area contributed by atoms with Crippen LogP contribution < -0.4 is 10.1 Å². The van der Waals surface area contributed by atoms with E-state index in [1.54, 1.807) is 12.4 Å². The molecule has 1 atom stereocenters. The van der Waals surface area contributed by atoms with E-state index in [1.807, 2.05) is 24.3 Å². The predicted octanol–water partition coefficient (Wildman–Crippen LogP) is 13.2. The second-order valence-corrected chi connectivity index (χ2v) is 21.5. The Kier molecular flexibility index (Phi) is 12.2. The number of nitrogens with zero attached hydrogens (tertiary/aromatic N) is 4. The molecule has 0 fully saturated rings. The molecule has 5 nitrogen and oxygen atoms in total. The van der Waals surface area contributed by atoms with Crippen LogP contribution in [0.4, 0.5) is 17.1 Å². The molecular weight excluding hydrogens is 869 g/mol. The summed E-state index contributed by atoms with van der Waals surface area (Å²) in [5.74, 6) is 1.44. The van der Waals surface area contributed by atoms with E-state index in [1.165, 1.54) is 27.6 Å². The second-order valence-electron chi connectivity index (χ2n) is 16.4. The molecule has 1 aliphatic rings. The van der Waals surface area contributed by atoms with Crippen LogP contribution in [0.1, 0.15) is 81.8 Å². The molecule has 1 aliphatic heterocycles. The predicted molar refractivity (Wildman–Crippen MR) is 229 cm³/mol. The van der Waals surface area contributed by atoms with Crippen LogP contribution in [0.5, 0.6) is 0 Å². The van der Waals surface area contributed by atoms with Gasteiger partial charge in [-0.2, -0.15) is 29.3 Å². The minimum absolute atomic E-state index is 0. The van der Waals surface area contributed by atoms with Gasteiger partial charge >= 0.3 is 20.1 Å². The van der Waals surface area contributed by atoms with Gasteiger partial charge < -0.3 is 19.6 Å². The van der Waals surface area contributed by atoms with Crippen LogP contribution in [0, 0.1) is 18.1 Å². The quantitative estimate of drug-likeness (QED) is 0.113. The van der Waals surface area contributed by atoms with Gasteiger partial charge in [-0.05, 0) is 76.9 Å².